The zero-order valence-corrected chi connectivity index (χ0v) is 10.5. The Bertz CT molecular complexity index is 189. The zero-order chi connectivity index (χ0) is 11.6. The molecule has 2 nitrogen and oxygen atoms in total. The molecular weight excluding hydrogens is 200 g/mol. The van der Waals surface area contributed by atoms with Crippen LogP contribution in [0.5, 0.6) is 0 Å². The highest BCUT2D eigenvalue weighted by molar-refractivity contribution is 5.02. The normalized spacial score (nSPS) is 24.1. The van der Waals surface area contributed by atoms with Crippen LogP contribution in [0.4, 0.5) is 0 Å². The lowest BCUT2D eigenvalue weighted by Crippen LogP contribution is -1.91. The molecule has 0 aromatic heterocycles. The smallest absolute Gasteiger partial charge is 0.102 e. The van der Waals surface area contributed by atoms with Crippen LogP contribution in [0.3, 0.4) is 0 Å². The first-order chi connectivity index (χ1) is 7.88. The Morgan fingerprint density at radius 3 is 2.44 bits per heavy atom. The van der Waals surface area contributed by atoms with E-state index in [0.717, 1.165) is 0 Å². The molecule has 0 amide bonds. The minimum Gasteiger partial charge on any atom is -0.392 e. The summed E-state index contributed by atoms with van der Waals surface area (Å²) >= 11 is 0. The number of unbranched alkanes of at least 4 members (excludes halogenated alkanes) is 6. The Hall–Kier alpha value is -0.340. The van der Waals surface area contributed by atoms with Crippen molar-refractivity contribution in [2.75, 3.05) is 6.61 Å². The van der Waals surface area contributed by atoms with Crippen molar-refractivity contribution in [2.24, 2.45) is 0 Å². The monoisotopic (exact) mass is 226 g/mol. The quantitative estimate of drug-likeness (QED) is 0.351. The van der Waals surface area contributed by atoms with Crippen LogP contribution in [-0.2, 0) is 4.74 Å². The third-order valence-corrected chi connectivity index (χ3v) is 3.15. The van der Waals surface area contributed by atoms with E-state index < -0.39 is 0 Å². The second-order valence-electron chi connectivity index (χ2n) is 4.66. The fourth-order valence-corrected chi connectivity index (χ4v) is 2.06. The lowest BCUT2D eigenvalue weighted by atomic mass is 10.1. The van der Waals surface area contributed by atoms with Crippen LogP contribution in [0, 0.1) is 0 Å². The molecule has 1 rings (SSSR count). The van der Waals surface area contributed by atoms with Crippen LogP contribution in [0.15, 0.2) is 12.2 Å². The first kappa shape index (κ1) is 13.7. The van der Waals surface area contributed by atoms with Crippen LogP contribution >= 0.6 is 0 Å². The van der Waals surface area contributed by atoms with E-state index in [1.54, 1.807) is 6.08 Å². The van der Waals surface area contributed by atoms with Gasteiger partial charge in [0.25, 0.3) is 0 Å². The molecule has 1 N–H and O–H groups in total. The van der Waals surface area contributed by atoms with E-state index in [0.29, 0.717) is 12.2 Å². The van der Waals surface area contributed by atoms with E-state index in [1.165, 1.54) is 51.4 Å². The average Bonchev–Trinajstić information content (AvgIpc) is 3.04. The van der Waals surface area contributed by atoms with Crippen LogP contribution < -0.4 is 0 Å². The lowest BCUT2D eigenvalue weighted by Gasteiger charge is -1.99. The summed E-state index contributed by atoms with van der Waals surface area (Å²) < 4.78 is 5.47. The van der Waals surface area contributed by atoms with Crippen molar-refractivity contribution in [3.05, 3.63) is 12.2 Å². The van der Waals surface area contributed by atoms with Gasteiger partial charge >= 0.3 is 0 Å². The highest BCUT2D eigenvalue weighted by Crippen LogP contribution is 2.28. The van der Waals surface area contributed by atoms with Gasteiger partial charge in [0.05, 0.1) is 12.7 Å². The molecule has 94 valence electrons. The topological polar surface area (TPSA) is 32.8 Å². The van der Waals surface area contributed by atoms with E-state index in [1.807, 2.05) is 6.08 Å². The molecule has 2 atom stereocenters. The second kappa shape index (κ2) is 8.77. The van der Waals surface area contributed by atoms with Gasteiger partial charge in [-0.1, -0.05) is 64.0 Å². The Morgan fingerprint density at radius 1 is 1.06 bits per heavy atom. The van der Waals surface area contributed by atoms with Crippen LogP contribution in [0.1, 0.15) is 58.3 Å². The van der Waals surface area contributed by atoms with Crippen molar-refractivity contribution >= 4 is 0 Å². The summed E-state index contributed by atoms with van der Waals surface area (Å²) in [6.07, 6.45) is 15.2. The number of hydrogen-bond acceptors (Lipinski definition) is 2. The van der Waals surface area contributed by atoms with E-state index >= 15 is 0 Å². The molecular formula is C14H26O2. The van der Waals surface area contributed by atoms with Crippen LogP contribution in [-0.4, -0.2) is 23.9 Å². The van der Waals surface area contributed by atoms with E-state index in [-0.39, 0.29) is 6.61 Å². The van der Waals surface area contributed by atoms with Gasteiger partial charge in [0.15, 0.2) is 0 Å². The fraction of sp³-hybridized carbons (Fsp3) is 0.857. The van der Waals surface area contributed by atoms with Crippen LogP contribution in [0.25, 0.3) is 0 Å². The molecule has 0 unspecified atom stereocenters. The molecule has 1 aliphatic heterocycles. The summed E-state index contributed by atoms with van der Waals surface area (Å²) in [7, 11) is 0. The van der Waals surface area contributed by atoms with Crippen molar-refractivity contribution < 1.29 is 9.84 Å². The third kappa shape index (κ3) is 6.29. The maximum absolute atomic E-state index is 8.60. The number of epoxide rings is 1. The van der Waals surface area contributed by atoms with Crippen molar-refractivity contribution in [3.63, 3.8) is 0 Å². The number of aliphatic hydroxyl groups excluding tert-OH is 1. The second-order valence-corrected chi connectivity index (χ2v) is 4.66. The van der Waals surface area contributed by atoms with Crippen molar-refractivity contribution in [1.29, 1.82) is 0 Å². The number of rotatable bonds is 10. The number of ether oxygens (including phenoxy) is 1. The van der Waals surface area contributed by atoms with E-state index in [2.05, 4.69) is 6.92 Å². The van der Waals surface area contributed by atoms with Crippen molar-refractivity contribution in [3.8, 4) is 0 Å². The molecule has 1 fully saturated rings. The van der Waals surface area contributed by atoms with Crippen molar-refractivity contribution in [1.82, 2.24) is 0 Å². The Morgan fingerprint density at radius 2 is 1.75 bits per heavy atom. The Labute approximate surface area is 99.7 Å². The molecule has 1 aliphatic rings. The highest BCUT2D eigenvalue weighted by atomic mass is 16.6. The summed E-state index contributed by atoms with van der Waals surface area (Å²) in [4.78, 5) is 0. The summed E-state index contributed by atoms with van der Waals surface area (Å²) in [5.74, 6) is 0. The van der Waals surface area contributed by atoms with Gasteiger partial charge in [-0.2, -0.15) is 0 Å². The molecule has 1 saturated heterocycles. The summed E-state index contributed by atoms with van der Waals surface area (Å²) in [5.41, 5.74) is 0. The van der Waals surface area contributed by atoms with Gasteiger partial charge in [-0.25, -0.2) is 0 Å². The van der Waals surface area contributed by atoms with Gasteiger partial charge in [0.1, 0.15) is 6.10 Å². The zero-order valence-electron chi connectivity index (χ0n) is 10.5. The van der Waals surface area contributed by atoms with Gasteiger partial charge in [-0.3, -0.25) is 0 Å². The van der Waals surface area contributed by atoms with Gasteiger partial charge in [0, 0.05) is 0 Å². The Kier molecular flexibility index (Phi) is 7.52. The van der Waals surface area contributed by atoms with Gasteiger partial charge in [-0.15, -0.1) is 0 Å². The summed E-state index contributed by atoms with van der Waals surface area (Å²) in [6.45, 7) is 2.38. The molecule has 2 heteroatoms. The van der Waals surface area contributed by atoms with Gasteiger partial charge in [-0.05, 0) is 6.42 Å². The standard InChI is InChI=1S/C14H26O2/c1-2-3-4-5-6-7-8-10-13-14(16-13)11-9-12-15/h9,11,13-15H,2-8,10,12H2,1H3/b11-9+/t13-,14-/m1/s1. The predicted octanol–water partition coefficient (Wildman–Crippen LogP) is 3.44. The maximum atomic E-state index is 8.60. The molecule has 0 aromatic rings. The molecule has 0 aliphatic carbocycles. The first-order valence-corrected chi connectivity index (χ1v) is 6.81. The van der Waals surface area contributed by atoms with E-state index in [4.69, 9.17) is 9.84 Å². The summed E-state index contributed by atoms with van der Waals surface area (Å²) in [5, 5.41) is 8.60. The minimum absolute atomic E-state index is 0.129. The number of aliphatic hydroxyl groups is 1. The third-order valence-electron chi connectivity index (χ3n) is 3.15. The SMILES string of the molecule is CCCCCCCCC[C@H]1O[C@@H]1/C=C/CO. The summed E-state index contributed by atoms with van der Waals surface area (Å²) in [6, 6.07) is 0. The lowest BCUT2D eigenvalue weighted by molar-refractivity contribution is 0.340. The highest BCUT2D eigenvalue weighted by Gasteiger charge is 2.35. The largest absolute Gasteiger partial charge is 0.392 e. The van der Waals surface area contributed by atoms with Crippen molar-refractivity contribution in [2.45, 2.75) is 70.5 Å². The van der Waals surface area contributed by atoms with E-state index in [9.17, 15) is 0 Å². The molecule has 0 radical (unpaired) electrons. The van der Waals surface area contributed by atoms with Crippen LogP contribution in [0.2, 0.25) is 0 Å². The molecule has 0 aromatic carbocycles. The molecule has 0 spiro atoms. The fourth-order valence-electron chi connectivity index (χ4n) is 2.06. The molecule has 16 heavy (non-hydrogen) atoms. The average molecular weight is 226 g/mol. The first-order valence-electron chi connectivity index (χ1n) is 6.81. The minimum atomic E-state index is 0.129. The van der Waals surface area contributed by atoms with Gasteiger partial charge < -0.3 is 9.84 Å². The maximum Gasteiger partial charge on any atom is 0.102 e. The van der Waals surface area contributed by atoms with Gasteiger partial charge in [0.2, 0.25) is 0 Å². The molecule has 0 saturated carbocycles. The molecule has 0 bridgehead atoms. The number of hydrogen-bond donors (Lipinski definition) is 1. The molecule has 1 heterocycles. The predicted molar refractivity (Wildman–Crippen MR) is 67.5 cm³/mol. The Balaban J connectivity index is 1.81.